The Morgan fingerprint density at radius 2 is 1.48 bits per heavy atom. The Morgan fingerprint density at radius 3 is 1.93 bits per heavy atom. The average Bonchev–Trinajstić information content (AvgIpc) is 2.68. The van der Waals surface area contributed by atoms with Gasteiger partial charge in [0.2, 0.25) is 15.9 Å². The number of benzene rings is 2. The smallest absolute Gasteiger partial charge is 0.232 e. The molecule has 144 valence electrons. The molecule has 1 heterocycles. The number of rotatable bonds is 6. The van der Waals surface area contributed by atoms with Gasteiger partial charge in [-0.3, -0.25) is 4.79 Å². The zero-order valence-corrected chi connectivity index (χ0v) is 16.4. The number of hydrogen-bond acceptors (Lipinski definition) is 3. The monoisotopic (exact) mass is 386 g/mol. The minimum Gasteiger partial charge on any atom is -0.355 e. The minimum atomic E-state index is -3.12. The van der Waals surface area contributed by atoms with E-state index < -0.39 is 10.0 Å². The molecular weight excluding hydrogens is 360 g/mol. The number of nitrogens with zero attached hydrogens (tertiary/aromatic N) is 1. The molecule has 0 atom stereocenters. The van der Waals surface area contributed by atoms with Crippen molar-refractivity contribution in [2.24, 2.45) is 5.92 Å². The summed E-state index contributed by atoms with van der Waals surface area (Å²) >= 11 is 0. The van der Waals surface area contributed by atoms with Gasteiger partial charge in [0.05, 0.1) is 12.2 Å². The zero-order chi connectivity index (χ0) is 19.3. The lowest BCUT2D eigenvalue weighted by Gasteiger charge is -2.30. The Kier molecular flexibility index (Phi) is 6.29. The molecule has 6 heteroatoms. The molecule has 0 saturated carbocycles. The van der Waals surface area contributed by atoms with E-state index in [4.69, 9.17) is 0 Å². The molecule has 2 aromatic rings. The summed E-state index contributed by atoms with van der Waals surface area (Å²) < 4.78 is 24.8. The van der Waals surface area contributed by atoms with Crippen molar-refractivity contribution in [1.82, 2.24) is 9.62 Å². The van der Waals surface area contributed by atoms with Gasteiger partial charge in [0.15, 0.2) is 0 Å². The summed E-state index contributed by atoms with van der Waals surface area (Å²) in [6.45, 7) is 1.63. The highest BCUT2D eigenvalue weighted by Gasteiger charge is 2.27. The minimum absolute atomic E-state index is 0.0158. The van der Waals surface area contributed by atoms with Crippen molar-refractivity contribution < 1.29 is 13.2 Å². The molecule has 3 rings (SSSR count). The number of carbonyl (C=O) groups excluding carboxylic acids is 1. The summed E-state index contributed by atoms with van der Waals surface area (Å²) in [5.41, 5.74) is 1.93. The SMILES string of the molecule is CS(=O)(=O)N1CCC(CNC(=O)C(c2ccccc2)c2ccccc2)CC1. The summed E-state index contributed by atoms with van der Waals surface area (Å²) in [5, 5.41) is 3.10. The molecule has 1 N–H and O–H groups in total. The molecule has 0 aliphatic carbocycles. The third-order valence-corrected chi connectivity index (χ3v) is 6.44. The topological polar surface area (TPSA) is 66.5 Å². The standard InChI is InChI=1S/C21H26N2O3S/c1-27(25,26)23-14-12-17(13-15-23)16-22-21(24)20(18-8-4-2-5-9-18)19-10-6-3-7-11-19/h2-11,17,20H,12-16H2,1H3,(H,22,24). The van der Waals surface area contributed by atoms with E-state index in [-0.39, 0.29) is 11.8 Å². The molecule has 1 amide bonds. The first-order valence-corrected chi connectivity index (χ1v) is 11.1. The average molecular weight is 387 g/mol. The zero-order valence-electron chi connectivity index (χ0n) is 15.5. The van der Waals surface area contributed by atoms with E-state index >= 15 is 0 Å². The van der Waals surface area contributed by atoms with Crippen LogP contribution >= 0.6 is 0 Å². The fraction of sp³-hybridized carbons (Fsp3) is 0.381. The van der Waals surface area contributed by atoms with Gasteiger partial charge in [-0.25, -0.2) is 12.7 Å². The number of sulfonamides is 1. The van der Waals surface area contributed by atoms with E-state index in [2.05, 4.69) is 5.32 Å². The Labute approximate surface area is 161 Å². The molecule has 0 aromatic heterocycles. The molecule has 1 saturated heterocycles. The molecule has 1 aliphatic heterocycles. The van der Waals surface area contributed by atoms with Gasteiger partial charge in [-0.05, 0) is 29.9 Å². The second kappa shape index (κ2) is 8.67. The van der Waals surface area contributed by atoms with Crippen LogP contribution in [0.25, 0.3) is 0 Å². The predicted octanol–water partition coefficient (Wildman–Crippen LogP) is 2.61. The maximum absolute atomic E-state index is 13.0. The molecule has 0 spiro atoms. The number of nitrogens with one attached hydrogen (secondary N) is 1. The van der Waals surface area contributed by atoms with Crippen LogP contribution in [0.5, 0.6) is 0 Å². The van der Waals surface area contributed by atoms with Gasteiger partial charge in [-0.2, -0.15) is 0 Å². The van der Waals surface area contributed by atoms with Crippen LogP contribution in [0.4, 0.5) is 0 Å². The lowest BCUT2D eigenvalue weighted by atomic mass is 9.90. The first-order valence-electron chi connectivity index (χ1n) is 9.28. The third-order valence-electron chi connectivity index (χ3n) is 5.14. The molecule has 0 unspecified atom stereocenters. The highest BCUT2D eigenvalue weighted by molar-refractivity contribution is 7.88. The van der Waals surface area contributed by atoms with Crippen LogP contribution in [0, 0.1) is 5.92 Å². The van der Waals surface area contributed by atoms with Gasteiger partial charge >= 0.3 is 0 Å². The lowest BCUT2D eigenvalue weighted by molar-refractivity contribution is -0.121. The third kappa shape index (κ3) is 5.17. The molecule has 0 bridgehead atoms. The van der Waals surface area contributed by atoms with E-state index in [1.54, 1.807) is 0 Å². The van der Waals surface area contributed by atoms with E-state index in [1.165, 1.54) is 10.6 Å². The number of carbonyl (C=O) groups is 1. The molecule has 5 nitrogen and oxygen atoms in total. The molecule has 1 aliphatic rings. The van der Waals surface area contributed by atoms with Gasteiger partial charge in [0.1, 0.15) is 0 Å². The summed E-state index contributed by atoms with van der Waals surface area (Å²) in [6, 6.07) is 19.6. The maximum atomic E-state index is 13.0. The number of amides is 1. The normalized spacial score (nSPS) is 16.4. The molecule has 0 radical (unpaired) electrons. The van der Waals surface area contributed by atoms with Crippen LogP contribution in [0.2, 0.25) is 0 Å². The van der Waals surface area contributed by atoms with Crippen molar-refractivity contribution in [3.05, 3.63) is 71.8 Å². The number of hydrogen-bond donors (Lipinski definition) is 1. The Hall–Kier alpha value is -2.18. The second-order valence-electron chi connectivity index (χ2n) is 7.10. The fourth-order valence-corrected chi connectivity index (χ4v) is 4.45. The van der Waals surface area contributed by atoms with Gasteiger partial charge in [-0.1, -0.05) is 60.7 Å². The van der Waals surface area contributed by atoms with Crippen LogP contribution in [-0.4, -0.2) is 44.5 Å². The molecule has 27 heavy (non-hydrogen) atoms. The van der Waals surface area contributed by atoms with Gasteiger partial charge in [0, 0.05) is 19.6 Å². The van der Waals surface area contributed by atoms with Crippen molar-refractivity contribution in [2.45, 2.75) is 18.8 Å². The van der Waals surface area contributed by atoms with Crippen molar-refractivity contribution in [3.8, 4) is 0 Å². The first kappa shape index (κ1) is 19.6. The molecular formula is C21H26N2O3S. The van der Waals surface area contributed by atoms with E-state index in [0.717, 1.165) is 24.0 Å². The lowest BCUT2D eigenvalue weighted by Crippen LogP contribution is -2.41. The fourth-order valence-electron chi connectivity index (χ4n) is 3.58. The summed E-state index contributed by atoms with van der Waals surface area (Å²) in [7, 11) is -3.12. The number of piperidine rings is 1. The van der Waals surface area contributed by atoms with Crippen LogP contribution in [0.1, 0.15) is 29.9 Å². The highest BCUT2D eigenvalue weighted by Crippen LogP contribution is 2.25. The molecule has 1 fully saturated rings. The highest BCUT2D eigenvalue weighted by atomic mass is 32.2. The van der Waals surface area contributed by atoms with Crippen molar-refractivity contribution >= 4 is 15.9 Å². The van der Waals surface area contributed by atoms with E-state index in [9.17, 15) is 13.2 Å². The summed E-state index contributed by atoms with van der Waals surface area (Å²) in [5.74, 6) is -0.0550. The Bertz CT molecular complexity index is 806. The molecule has 2 aromatic carbocycles. The van der Waals surface area contributed by atoms with Crippen molar-refractivity contribution in [1.29, 1.82) is 0 Å². The predicted molar refractivity (Wildman–Crippen MR) is 107 cm³/mol. The summed E-state index contributed by atoms with van der Waals surface area (Å²) in [6.07, 6.45) is 2.79. The van der Waals surface area contributed by atoms with Crippen molar-refractivity contribution in [2.75, 3.05) is 25.9 Å². The Balaban J connectivity index is 1.64. The van der Waals surface area contributed by atoms with E-state index in [0.29, 0.717) is 25.6 Å². The largest absolute Gasteiger partial charge is 0.355 e. The first-order chi connectivity index (χ1) is 12.9. The van der Waals surface area contributed by atoms with Crippen LogP contribution in [0.3, 0.4) is 0 Å². The van der Waals surface area contributed by atoms with Gasteiger partial charge < -0.3 is 5.32 Å². The van der Waals surface area contributed by atoms with Crippen LogP contribution < -0.4 is 5.32 Å². The van der Waals surface area contributed by atoms with Crippen LogP contribution in [0.15, 0.2) is 60.7 Å². The second-order valence-corrected chi connectivity index (χ2v) is 9.09. The Morgan fingerprint density at radius 1 is 1.00 bits per heavy atom. The van der Waals surface area contributed by atoms with E-state index in [1.807, 2.05) is 60.7 Å². The summed E-state index contributed by atoms with van der Waals surface area (Å²) in [4.78, 5) is 13.0. The van der Waals surface area contributed by atoms with Gasteiger partial charge in [0.25, 0.3) is 0 Å². The maximum Gasteiger partial charge on any atom is 0.232 e. The quantitative estimate of drug-likeness (QED) is 0.830. The van der Waals surface area contributed by atoms with Crippen molar-refractivity contribution in [3.63, 3.8) is 0 Å². The van der Waals surface area contributed by atoms with Crippen LogP contribution in [-0.2, 0) is 14.8 Å². The van der Waals surface area contributed by atoms with Gasteiger partial charge in [-0.15, -0.1) is 0 Å².